The van der Waals surface area contributed by atoms with Crippen LogP contribution >= 0.6 is 0 Å². The van der Waals surface area contributed by atoms with Gasteiger partial charge in [-0.15, -0.1) is 0 Å². The van der Waals surface area contributed by atoms with Gasteiger partial charge in [-0.3, -0.25) is 4.79 Å². The van der Waals surface area contributed by atoms with Gasteiger partial charge in [0.25, 0.3) is 0 Å². The van der Waals surface area contributed by atoms with Gasteiger partial charge in [-0.05, 0) is 118 Å². The average Bonchev–Trinajstić information content (AvgIpc) is 3.41. The lowest BCUT2D eigenvalue weighted by molar-refractivity contribution is -0.129. The first-order valence-corrected chi connectivity index (χ1v) is 27.6. The number of benzene rings is 3. The highest BCUT2D eigenvalue weighted by Gasteiger charge is 2.23. The molecule has 0 radical (unpaired) electrons. The van der Waals surface area contributed by atoms with E-state index in [-0.39, 0.29) is 13.3 Å². The van der Waals surface area contributed by atoms with Gasteiger partial charge in [-0.2, -0.15) is 4.98 Å². The molecule has 0 bridgehead atoms. The zero-order valence-corrected chi connectivity index (χ0v) is 48.8. The predicted octanol–water partition coefficient (Wildman–Crippen LogP) is 11.0. The number of nitrogens with zero attached hydrogens (tertiary/aromatic N) is 9. The summed E-state index contributed by atoms with van der Waals surface area (Å²) in [7, 11) is 13.9. The standard InChI is InChI=1S/C17H28N2O.C16H24N2O2.C14H23N3O.C14H22N2.CH4/c1-13(2)16-7-6-15(12-17(16)20-5)19-10-8-14(9-11-19)18(3)4;1-12(2)15-6-5-14(11-16(15)20-4)18-9-7-17(8-10-18)13(3)19;1-11(2)12-5-6-13(15-14(12)18-4)17-9-7-16(3)8-10-17;1-12(2)13-4-6-14(7-5-13)16-10-8-15(3)9-11-16;/h6-7,12-14H,8-11H2,1-5H3;5-6,11-12H,7-10H2,1-4H3;5-6,11H,7-10H2,1-4H3;4-7,12H,8-11H2,1-3H3;1H4. The minimum atomic E-state index is 0. The average molecular weight is 1040 g/mol. The molecule has 0 unspecified atom stereocenters. The molecule has 3 aromatic carbocycles. The first kappa shape index (κ1) is 62.3. The summed E-state index contributed by atoms with van der Waals surface area (Å²) in [5.41, 5.74) is 8.97. The zero-order chi connectivity index (χ0) is 54.1. The number of anilines is 4. The second-order valence-corrected chi connectivity index (χ2v) is 22.1. The minimum absolute atomic E-state index is 0. The van der Waals surface area contributed by atoms with Crippen LogP contribution in [0.25, 0.3) is 0 Å². The quantitative estimate of drug-likeness (QED) is 0.135. The van der Waals surface area contributed by atoms with Crippen molar-refractivity contribution in [2.24, 2.45) is 0 Å². The minimum Gasteiger partial charge on any atom is -0.496 e. The first-order valence-electron chi connectivity index (χ1n) is 27.6. The SMILES string of the molecule is C.CC(C)c1ccc(N2CCN(C)CC2)cc1.COc1cc(N2CCC(N(C)C)CC2)ccc1C(C)C.COc1cc(N2CCN(C(C)=O)CC2)ccc1C(C)C.COc1nc(N2CCN(C)CC2)ccc1C(C)C. The highest BCUT2D eigenvalue weighted by atomic mass is 16.5. The molecule has 5 heterocycles. The van der Waals surface area contributed by atoms with Crippen LogP contribution in [-0.2, 0) is 4.79 Å². The van der Waals surface area contributed by atoms with Crippen LogP contribution < -0.4 is 33.8 Å². The van der Waals surface area contributed by atoms with E-state index in [0.717, 1.165) is 108 Å². The molecule has 4 fully saturated rings. The molecular formula is C62H101N9O4. The number of ether oxygens (including phenoxy) is 3. The van der Waals surface area contributed by atoms with Gasteiger partial charge in [0.15, 0.2) is 0 Å². The summed E-state index contributed by atoms with van der Waals surface area (Å²) in [5.74, 6) is 5.95. The van der Waals surface area contributed by atoms with Gasteiger partial charge in [0.1, 0.15) is 17.3 Å². The van der Waals surface area contributed by atoms with Crippen LogP contribution in [0.15, 0.2) is 72.8 Å². The highest BCUT2D eigenvalue weighted by Crippen LogP contribution is 2.34. The number of hydrogen-bond donors (Lipinski definition) is 0. The molecule has 0 spiro atoms. The third-order valence-electron chi connectivity index (χ3n) is 15.3. The first-order chi connectivity index (χ1) is 35.3. The van der Waals surface area contributed by atoms with Crippen molar-refractivity contribution < 1.29 is 19.0 Å². The van der Waals surface area contributed by atoms with E-state index in [1.807, 2.05) is 4.90 Å². The van der Waals surface area contributed by atoms with Gasteiger partial charge in [0.2, 0.25) is 11.8 Å². The summed E-state index contributed by atoms with van der Waals surface area (Å²) < 4.78 is 16.5. The number of carbonyl (C=O) groups is 1. The highest BCUT2D eigenvalue weighted by molar-refractivity contribution is 5.73. The molecule has 1 amide bonds. The molecule has 75 heavy (non-hydrogen) atoms. The van der Waals surface area contributed by atoms with Gasteiger partial charge in [0, 0.05) is 139 Å². The second kappa shape index (κ2) is 30.5. The summed E-state index contributed by atoms with van der Waals surface area (Å²) >= 11 is 0. The number of hydrogen-bond acceptors (Lipinski definition) is 12. The zero-order valence-electron chi connectivity index (χ0n) is 48.8. The van der Waals surface area contributed by atoms with E-state index in [0.29, 0.717) is 23.7 Å². The Kier molecular flexibility index (Phi) is 25.3. The molecule has 4 saturated heterocycles. The number of likely N-dealkylation sites (N-methyl/N-ethyl adjacent to an activating group) is 2. The summed E-state index contributed by atoms with van der Waals surface area (Å²) in [6, 6.07) is 27.1. The van der Waals surface area contributed by atoms with Crippen LogP contribution in [-0.4, -0.2) is 178 Å². The Morgan fingerprint density at radius 2 is 0.907 bits per heavy atom. The molecule has 0 saturated carbocycles. The molecule has 1 aromatic heterocycles. The molecule has 4 aromatic rings. The van der Waals surface area contributed by atoms with Gasteiger partial charge in [0.05, 0.1) is 21.3 Å². The molecule has 0 atom stereocenters. The molecule has 0 aliphatic carbocycles. The maximum absolute atomic E-state index is 11.3. The normalized spacial score (nSPS) is 16.7. The van der Waals surface area contributed by atoms with Crippen molar-refractivity contribution in [3.05, 3.63) is 95.1 Å². The Balaban J connectivity index is 0.000000216. The van der Waals surface area contributed by atoms with E-state index in [9.17, 15) is 4.79 Å². The van der Waals surface area contributed by atoms with Gasteiger partial charge in [-0.25, -0.2) is 0 Å². The molecule has 0 N–H and O–H groups in total. The van der Waals surface area contributed by atoms with Crippen molar-refractivity contribution in [3.8, 4) is 17.4 Å². The third-order valence-corrected chi connectivity index (χ3v) is 15.3. The smallest absolute Gasteiger partial charge is 0.219 e. The lowest BCUT2D eigenvalue weighted by Crippen LogP contribution is -2.48. The van der Waals surface area contributed by atoms with Crippen molar-refractivity contribution >= 4 is 28.8 Å². The van der Waals surface area contributed by atoms with Gasteiger partial charge < -0.3 is 53.4 Å². The Bertz CT molecular complexity index is 2270. The summed E-state index contributed by atoms with van der Waals surface area (Å²) in [6.45, 7) is 33.7. The number of aromatic nitrogens is 1. The number of rotatable bonds is 12. The fourth-order valence-electron chi connectivity index (χ4n) is 10.1. The lowest BCUT2D eigenvalue weighted by atomic mass is 10.00. The van der Waals surface area contributed by atoms with Gasteiger partial charge in [-0.1, -0.05) is 87.1 Å². The fourth-order valence-corrected chi connectivity index (χ4v) is 10.1. The van der Waals surface area contributed by atoms with Crippen molar-refractivity contribution in [2.75, 3.05) is 161 Å². The van der Waals surface area contributed by atoms with E-state index in [4.69, 9.17) is 14.2 Å². The van der Waals surface area contributed by atoms with Crippen molar-refractivity contribution in [1.82, 2.24) is 24.6 Å². The molecule has 13 heteroatoms. The van der Waals surface area contributed by atoms with Crippen LogP contribution in [0.3, 0.4) is 0 Å². The number of methoxy groups -OCH3 is 3. The topological polar surface area (TPSA) is 83.6 Å². The number of piperidine rings is 1. The maximum Gasteiger partial charge on any atom is 0.219 e. The third kappa shape index (κ3) is 18.2. The Labute approximate surface area is 456 Å². The molecule has 13 nitrogen and oxygen atoms in total. The van der Waals surface area contributed by atoms with Crippen molar-refractivity contribution in [1.29, 1.82) is 0 Å². The summed E-state index contributed by atoms with van der Waals surface area (Å²) in [4.78, 5) is 34.6. The van der Waals surface area contributed by atoms with E-state index >= 15 is 0 Å². The van der Waals surface area contributed by atoms with Crippen LogP contribution in [0, 0.1) is 0 Å². The number of piperazine rings is 3. The fraction of sp³-hybridized carbons (Fsp3) is 0.613. The van der Waals surface area contributed by atoms with Crippen LogP contribution in [0.1, 0.15) is 129 Å². The van der Waals surface area contributed by atoms with E-state index < -0.39 is 0 Å². The van der Waals surface area contributed by atoms with Crippen molar-refractivity contribution in [3.63, 3.8) is 0 Å². The molecule has 4 aliphatic rings. The Hall–Kier alpha value is -5.24. The van der Waals surface area contributed by atoms with Crippen LogP contribution in [0.4, 0.5) is 22.9 Å². The largest absolute Gasteiger partial charge is 0.496 e. The van der Waals surface area contributed by atoms with E-state index in [2.05, 4.69) is 196 Å². The van der Waals surface area contributed by atoms with Crippen molar-refractivity contribution in [2.45, 2.75) is 112 Å². The predicted molar refractivity (Wildman–Crippen MR) is 319 cm³/mol. The number of amides is 1. The Morgan fingerprint density at radius 3 is 1.31 bits per heavy atom. The molecular weight excluding hydrogens is 935 g/mol. The Morgan fingerprint density at radius 1 is 0.507 bits per heavy atom. The van der Waals surface area contributed by atoms with Gasteiger partial charge >= 0.3 is 0 Å². The lowest BCUT2D eigenvalue weighted by Gasteiger charge is -2.36. The molecule has 4 aliphatic heterocycles. The summed E-state index contributed by atoms with van der Waals surface area (Å²) in [6.07, 6.45) is 2.47. The maximum atomic E-state index is 11.3. The second-order valence-electron chi connectivity index (χ2n) is 22.1. The molecule has 418 valence electrons. The number of pyridine rings is 1. The van der Waals surface area contributed by atoms with E-state index in [1.54, 1.807) is 28.3 Å². The molecule has 8 rings (SSSR count). The number of carbonyl (C=O) groups excluding carboxylic acids is 1. The van der Waals surface area contributed by atoms with Crippen LogP contribution in [0.2, 0.25) is 0 Å². The monoisotopic (exact) mass is 1040 g/mol. The summed E-state index contributed by atoms with van der Waals surface area (Å²) in [5, 5.41) is 0. The van der Waals surface area contributed by atoms with Crippen LogP contribution in [0.5, 0.6) is 17.4 Å². The van der Waals surface area contributed by atoms with E-state index in [1.165, 1.54) is 65.2 Å².